The molecule has 0 saturated heterocycles. The zero-order valence-corrected chi connectivity index (χ0v) is 13.1. The van der Waals surface area contributed by atoms with Crippen LogP contribution in [0.25, 0.3) is 0 Å². The second kappa shape index (κ2) is 6.58. The predicted molar refractivity (Wildman–Crippen MR) is 81.2 cm³/mol. The summed E-state index contributed by atoms with van der Waals surface area (Å²) in [5.41, 5.74) is 1.28. The van der Waals surface area contributed by atoms with Crippen molar-refractivity contribution in [2.45, 2.75) is 40.5 Å². The van der Waals surface area contributed by atoms with Crippen LogP contribution in [0.3, 0.4) is 0 Å². The number of halogens is 1. The Morgan fingerprint density at radius 1 is 1.29 bits per heavy atom. The first kappa shape index (κ1) is 14.8. The monoisotopic (exact) mass is 296 g/mol. The van der Waals surface area contributed by atoms with Crippen molar-refractivity contribution in [3.05, 3.63) is 34.9 Å². The van der Waals surface area contributed by atoms with E-state index in [1.54, 1.807) is 0 Å². The van der Waals surface area contributed by atoms with Crippen LogP contribution in [0, 0.1) is 23.7 Å². The summed E-state index contributed by atoms with van der Waals surface area (Å²) in [6.45, 7) is 13.3. The largest absolute Gasteiger partial charge is 0.0955 e. The van der Waals surface area contributed by atoms with Crippen molar-refractivity contribution in [2.24, 2.45) is 23.7 Å². The van der Waals surface area contributed by atoms with Crippen molar-refractivity contribution in [3.63, 3.8) is 0 Å². The first-order chi connectivity index (χ1) is 8.01. The summed E-state index contributed by atoms with van der Waals surface area (Å²) in [7, 11) is 0. The molecule has 0 N–H and O–H groups in total. The first-order valence-electron chi connectivity index (χ1n) is 6.69. The van der Waals surface area contributed by atoms with Gasteiger partial charge in [0, 0.05) is 4.48 Å². The van der Waals surface area contributed by atoms with E-state index >= 15 is 0 Å². The molecule has 0 radical (unpaired) electrons. The van der Waals surface area contributed by atoms with Gasteiger partial charge in [-0.3, -0.25) is 0 Å². The number of hydrogen-bond acceptors (Lipinski definition) is 0. The molecule has 3 unspecified atom stereocenters. The summed E-state index contributed by atoms with van der Waals surface area (Å²) in [5, 5.41) is 0. The second-order valence-electron chi connectivity index (χ2n) is 5.30. The van der Waals surface area contributed by atoms with E-state index in [1.807, 2.05) is 6.92 Å². The summed E-state index contributed by atoms with van der Waals surface area (Å²) >= 11 is 3.49. The fraction of sp³-hybridized carbons (Fsp3) is 0.625. The summed E-state index contributed by atoms with van der Waals surface area (Å²) in [6, 6.07) is 0. The quantitative estimate of drug-likeness (QED) is 0.550. The minimum absolute atomic E-state index is 0.654. The van der Waals surface area contributed by atoms with Crippen LogP contribution in [-0.4, -0.2) is 0 Å². The van der Waals surface area contributed by atoms with E-state index in [1.165, 1.54) is 18.4 Å². The maximum Gasteiger partial charge on any atom is 0.0132 e. The van der Waals surface area contributed by atoms with Crippen molar-refractivity contribution >= 4 is 15.9 Å². The third-order valence-electron chi connectivity index (χ3n) is 4.35. The first-order valence-corrected chi connectivity index (χ1v) is 7.49. The van der Waals surface area contributed by atoms with Gasteiger partial charge in [0.2, 0.25) is 0 Å². The van der Waals surface area contributed by atoms with Gasteiger partial charge in [-0.1, -0.05) is 61.0 Å². The van der Waals surface area contributed by atoms with E-state index in [-0.39, 0.29) is 0 Å². The summed E-state index contributed by atoms with van der Waals surface area (Å²) in [4.78, 5) is 0. The van der Waals surface area contributed by atoms with Gasteiger partial charge in [0.15, 0.2) is 0 Å². The molecule has 0 aromatic carbocycles. The Morgan fingerprint density at radius 2 is 1.88 bits per heavy atom. The lowest BCUT2D eigenvalue weighted by atomic mass is 9.90. The van der Waals surface area contributed by atoms with E-state index in [0.717, 1.165) is 22.2 Å². The smallest absolute Gasteiger partial charge is 0.0132 e. The maximum absolute atomic E-state index is 4.23. The highest BCUT2D eigenvalue weighted by Gasteiger charge is 2.43. The van der Waals surface area contributed by atoms with E-state index < -0.39 is 0 Å². The zero-order valence-electron chi connectivity index (χ0n) is 11.5. The van der Waals surface area contributed by atoms with Crippen molar-refractivity contribution in [1.82, 2.24) is 0 Å². The molecule has 0 aromatic rings. The molecule has 1 heteroatoms. The molecular formula is C16H25Br. The Morgan fingerprint density at radius 3 is 2.29 bits per heavy atom. The fourth-order valence-electron chi connectivity index (χ4n) is 2.52. The lowest BCUT2D eigenvalue weighted by Gasteiger charge is -2.15. The molecule has 0 bridgehead atoms. The van der Waals surface area contributed by atoms with Gasteiger partial charge in [-0.25, -0.2) is 0 Å². The summed E-state index contributed by atoms with van der Waals surface area (Å²) < 4.78 is 1.13. The van der Waals surface area contributed by atoms with Gasteiger partial charge in [0.1, 0.15) is 0 Å². The molecule has 0 spiro atoms. The Balaban J connectivity index is 2.50. The molecule has 1 rings (SSSR count). The van der Waals surface area contributed by atoms with Gasteiger partial charge in [-0.05, 0) is 49.5 Å². The molecule has 0 aliphatic heterocycles. The standard InChI is InChI=1S/C16H25Br/c1-6-14(10-16-12(4)13(16)5)11(3)8-9-15(17)7-2/h7-9,12-14,16H,3,6,10H2,1-2,4-5H3/b9-8-,15-7+. The van der Waals surface area contributed by atoms with Crippen molar-refractivity contribution < 1.29 is 0 Å². The Kier molecular flexibility index (Phi) is 5.72. The second-order valence-corrected chi connectivity index (χ2v) is 6.22. The van der Waals surface area contributed by atoms with Gasteiger partial charge in [-0.2, -0.15) is 0 Å². The molecule has 0 heterocycles. The van der Waals surface area contributed by atoms with Crippen LogP contribution in [0.1, 0.15) is 40.5 Å². The number of rotatable bonds is 6. The molecule has 1 saturated carbocycles. The normalized spacial score (nSPS) is 30.6. The van der Waals surface area contributed by atoms with Crippen LogP contribution in [0.2, 0.25) is 0 Å². The van der Waals surface area contributed by atoms with Gasteiger partial charge in [0.05, 0.1) is 0 Å². The fourth-order valence-corrected chi connectivity index (χ4v) is 2.65. The predicted octanol–water partition coefficient (Wildman–Crippen LogP) is 5.72. The summed E-state index contributed by atoms with van der Waals surface area (Å²) in [5.74, 6) is 3.42. The topological polar surface area (TPSA) is 0 Å². The van der Waals surface area contributed by atoms with Crippen molar-refractivity contribution in [1.29, 1.82) is 0 Å². The van der Waals surface area contributed by atoms with Gasteiger partial charge < -0.3 is 0 Å². The van der Waals surface area contributed by atoms with Crippen LogP contribution in [0.4, 0.5) is 0 Å². The number of hydrogen-bond donors (Lipinski definition) is 0. The molecule has 0 aromatic heterocycles. The molecule has 3 atom stereocenters. The average Bonchev–Trinajstić information content (AvgIpc) is 2.89. The molecule has 1 aliphatic carbocycles. The number of allylic oxidation sites excluding steroid dienone is 5. The lowest BCUT2D eigenvalue weighted by molar-refractivity contribution is 0.490. The Bertz CT molecular complexity index is 316. The van der Waals surface area contributed by atoms with Crippen LogP contribution in [-0.2, 0) is 0 Å². The average molecular weight is 297 g/mol. The van der Waals surface area contributed by atoms with Gasteiger partial charge >= 0.3 is 0 Å². The molecule has 96 valence electrons. The maximum atomic E-state index is 4.23. The lowest BCUT2D eigenvalue weighted by Crippen LogP contribution is -2.02. The van der Waals surface area contributed by atoms with E-state index in [4.69, 9.17) is 0 Å². The third-order valence-corrected chi connectivity index (χ3v) is 5.07. The van der Waals surface area contributed by atoms with Gasteiger partial charge in [-0.15, -0.1) is 0 Å². The minimum atomic E-state index is 0.654. The van der Waals surface area contributed by atoms with Crippen LogP contribution in [0.15, 0.2) is 34.9 Å². The van der Waals surface area contributed by atoms with E-state index in [0.29, 0.717) is 5.92 Å². The van der Waals surface area contributed by atoms with Crippen LogP contribution < -0.4 is 0 Å². The Labute approximate surface area is 115 Å². The minimum Gasteiger partial charge on any atom is -0.0955 e. The molecule has 0 nitrogen and oxygen atoms in total. The zero-order chi connectivity index (χ0) is 13.0. The SMILES string of the molecule is C=C(/C=C\C(Br)=C/C)C(CC)CC1C(C)C1C. The molecular weight excluding hydrogens is 272 g/mol. The molecule has 0 amide bonds. The molecule has 17 heavy (non-hydrogen) atoms. The van der Waals surface area contributed by atoms with Crippen LogP contribution >= 0.6 is 15.9 Å². The van der Waals surface area contributed by atoms with Crippen LogP contribution in [0.5, 0.6) is 0 Å². The molecule has 1 fully saturated rings. The Hall–Kier alpha value is -0.300. The van der Waals surface area contributed by atoms with E-state index in [2.05, 4.69) is 61.5 Å². The van der Waals surface area contributed by atoms with E-state index in [9.17, 15) is 0 Å². The van der Waals surface area contributed by atoms with Crippen molar-refractivity contribution in [3.8, 4) is 0 Å². The highest BCUT2D eigenvalue weighted by atomic mass is 79.9. The highest BCUT2D eigenvalue weighted by molar-refractivity contribution is 9.11. The third kappa shape index (κ3) is 4.13. The van der Waals surface area contributed by atoms with Crippen molar-refractivity contribution in [2.75, 3.05) is 0 Å². The summed E-state index contributed by atoms with van der Waals surface area (Å²) in [6.07, 6.45) is 8.83. The highest BCUT2D eigenvalue weighted by Crippen LogP contribution is 2.50. The molecule has 1 aliphatic rings. The van der Waals surface area contributed by atoms with Gasteiger partial charge in [0.25, 0.3) is 0 Å².